The number of fused-ring (bicyclic) bond motifs is 1. The zero-order valence-electron chi connectivity index (χ0n) is 22.8. The Labute approximate surface area is 243 Å². The van der Waals surface area contributed by atoms with Gasteiger partial charge in [-0.1, -0.05) is 11.2 Å². The minimum Gasteiger partial charge on any atom is -0.453 e. The Morgan fingerprint density at radius 3 is 2.68 bits per heavy atom. The van der Waals surface area contributed by atoms with E-state index in [-0.39, 0.29) is 23.3 Å². The van der Waals surface area contributed by atoms with Gasteiger partial charge in [-0.15, -0.1) is 23.1 Å². The number of thioether (sulfide) groups is 1. The predicted molar refractivity (Wildman–Crippen MR) is 149 cm³/mol. The number of allylic oxidation sites excluding steroid dienone is 1. The number of aryl methyl sites for hydroxylation is 1. The number of anilines is 1. The molecule has 0 aliphatic carbocycles. The molecule has 14 nitrogen and oxygen atoms in total. The molecule has 2 aliphatic rings. The van der Waals surface area contributed by atoms with Crippen molar-refractivity contribution in [3.8, 4) is 0 Å². The lowest BCUT2D eigenvalue weighted by Gasteiger charge is -2.49. The van der Waals surface area contributed by atoms with Gasteiger partial charge in [-0.25, -0.2) is 9.78 Å². The summed E-state index contributed by atoms with van der Waals surface area (Å²) in [6, 6.07) is -1.15. The number of ether oxygens (including phenoxy) is 2. The number of thiazole rings is 1. The monoisotopic (exact) mass is 604 g/mol. The molecule has 2 amide bonds. The molecule has 4 heterocycles. The fourth-order valence-corrected chi connectivity index (χ4v) is 5.63. The number of aromatic nitrogens is 2. The summed E-state index contributed by atoms with van der Waals surface area (Å²) in [5.41, 5.74) is 7.55. The molecule has 2 aromatic rings. The van der Waals surface area contributed by atoms with Crippen molar-refractivity contribution in [2.45, 2.75) is 39.1 Å². The zero-order chi connectivity index (χ0) is 29.9. The maximum atomic E-state index is 13.3. The van der Waals surface area contributed by atoms with E-state index in [9.17, 15) is 19.2 Å². The number of oxime groups is 1. The van der Waals surface area contributed by atoms with Crippen LogP contribution in [0, 0.1) is 12.3 Å². The van der Waals surface area contributed by atoms with Gasteiger partial charge in [0.1, 0.15) is 30.5 Å². The highest BCUT2D eigenvalue weighted by Gasteiger charge is 2.54. The highest BCUT2D eigenvalue weighted by atomic mass is 32.2. The van der Waals surface area contributed by atoms with Crippen LogP contribution in [0.15, 0.2) is 38.9 Å². The summed E-state index contributed by atoms with van der Waals surface area (Å²) in [5, 5.41) is 5.71. The van der Waals surface area contributed by atoms with E-state index >= 15 is 0 Å². The minimum absolute atomic E-state index is 0.00506. The second kappa shape index (κ2) is 12.1. The molecule has 0 aromatic carbocycles. The van der Waals surface area contributed by atoms with E-state index in [1.54, 1.807) is 32.4 Å². The first-order valence-corrected chi connectivity index (χ1v) is 14.1. The number of oxazole rings is 1. The molecular weight excluding hydrogens is 576 g/mol. The third-order valence-corrected chi connectivity index (χ3v) is 7.96. The number of amides is 2. The van der Waals surface area contributed by atoms with Crippen molar-refractivity contribution >= 4 is 64.7 Å². The van der Waals surface area contributed by atoms with Crippen molar-refractivity contribution in [3.63, 3.8) is 0 Å². The number of rotatable bonds is 9. The Kier molecular flexibility index (Phi) is 8.82. The van der Waals surface area contributed by atoms with E-state index < -0.39 is 47.2 Å². The SMILES string of the molecule is CON=C(C(=O)NC1C(=O)N2C(OC(=O)COC(=O)C(C)(C)C)=C(C=Cc3scnc3C)CSC12)c1coc(N)n1. The van der Waals surface area contributed by atoms with E-state index in [0.717, 1.165) is 16.8 Å². The van der Waals surface area contributed by atoms with Crippen molar-refractivity contribution < 1.29 is 37.9 Å². The van der Waals surface area contributed by atoms with Crippen molar-refractivity contribution in [3.05, 3.63) is 45.6 Å². The van der Waals surface area contributed by atoms with Gasteiger partial charge in [-0.05, 0) is 33.8 Å². The quantitative estimate of drug-likeness (QED) is 0.183. The number of nitrogens with one attached hydrogen (secondary N) is 1. The summed E-state index contributed by atoms with van der Waals surface area (Å²) in [4.78, 5) is 66.1. The van der Waals surface area contributed by atoms with Crippen LogP contribution in [0.2, 0.25) is 0 Å². The fourth-order valence-electron chi connectivity index (χ4n) is 3.64. The first-order chi connectivity index (χ1) is 19.4. The van der Waals surface area contributed by atoms with Gasteiger partial charge in [-0.2, -0.15) is 4.98 Å². The van der Waals surface area contributed by atoms with Crippen molar-refractivity contribution in [1.82, 2.24) is 20.2 Å². The molecule has 3 N–H and O–H groups in total. The summed E-state index contributed by atoms with van der Waals surface area (Å²) < 4.78 is 15.6. The van der Waals surface area contributed by atoms with Crippen LogP contribution in [0.5, 0.6) is 0 Å². The first kappa shape index (κ1) is 29.8. The van der Waals surface area contributed by atoms with Crippen LogP contribution in [-0.2, 0) is 33.5 Å². The molecule has 1 saturated heterocycles. The summed E-state index contributed by atoms with van der Waals surface area (Å²) >= 11 is 2.80. The van der Waals surface area contributed by atoms with Gasteiger partial charge >= 0.3 is 11.9 Å². The Morgan fingerprint density at radius 1 is 1.32 bits per heavy atom. The number of nitrogens with two attached hydrogens (primary N) is 1. The minimum atomic E-state index is -0.972. The molecule has 1 fully saturated rings. The highest BCUT2D eigenvalue weighted by molar-refractivity contribution is 8.00. The maximum absolute atomic E-state index is 13.3. The van der Waals surface area contributed by atoms with Gasteiger partial charge in [0.2, 0.25) is 5.88 Å². The number of β-lactam (4-membered cyclic amide) rings is 1. The second-order valence-electron chi connectivity index (χ2n) is 9.82. The third-order valence-electron chi connectivity index (χ3n) is 5.76. The number of esters is 2. The number of hydrogen-bond donors (Lipinski definition) is 2. The largest absolute Gasteiger partial charge is 0.453 e. The smallest absolute Gasteiger partial charge is 0.350 e. The predicted octanol–water partition coefficient (Wildman–Crippen LogP) is 1.83. The van der Waals surface area contributed by atoms with E-state index in [0.29, 0.717) is 11.3 Å². The van der Waals surface area contributed by atoms with Gasteiger partial charge in [0.05, 0.1) is 16.6 Å². The molecule has 0 bridgehead atoms. The molecule has 2 atom stereocenters. The Hall–Kier alpha value is -4.18. The van der Waals surface area contributed by atoms with E-state index in [4.69, 9.17) is 24.5 Å². The number of carbonyl (C=O) groups is 4. The normalized spacial score (nSPS) is 19.1. The van der Waals surface area contributed by atoms with Crippen molar-refractivity contribution in [1.29, 1.82) is 0 Å². The second-order valence-corrected chi connectivity index (χ2v) is 11.8. The zero-order valence-corrected chi connectivity index (χ0v) is 24.5. The van der Waals surface area contributed by atoms with E-state index in [2.05, 4.69) is 20.4 Å². The van der Waals surface area contributed by atoms with Gasteiger partial charge in [0.15, 0.2) is 12.3 Å². The molecule has 2 aliphatic heterocycles. The molecule has 4 rings (SSSR count). The molecule has 0 radical (unpaired) electrons. The molecule has 0 spiro atoms. The lowest BCUT2D eigenvalue weighted by Crippen LogP contribution is -2.70. The van der Waals surface area contributed by atoms with E-state index in [1.807, 2.05) is 13.0 Å². The summed E-state index contributed by atoms with van der Waals surface area (Å²) in [6.07, 6.45) is 4.69. The van der Waals surface area contributed by atoms with E-state index in [1.165, 1.54) is 35.1 Å². The fraction of sp³-hybridized carbons (Fsp3) is 0.400. The number of nitrogen functional groups attached to an aromatic ring is 1. The summed E-state index contributed by atoms with van der Waals surface area (Å²) in [5.74, 6) is -2.37. The number of hydrogen-bond acceptors (Lipinski definition) is 14. The Morgan fingerprint density at radius 2 is 2.07 bits per heavy atom. The number of nitrogens with zero attached hydrogens (tertiary/aromatic N) is 4. The van der Waals surface area contributed by atoms with Crippen LogP contribution in [0.4, 0.5) is 6.01 Å². The molecule has 2 unspecified atom stereocenters. The average molecular weight is 605 g/mol. The molecule has 218 valence electrons. The molecule has 2 aromatic heterocycles. The molecule has 41 heavy (non-hydrogen) atoms. The Balaban J connectivity index is 1.54. The van der Waals surface area contributed by atoms with Gasteiger partial charge < -0.3 is 29.8 Å². The van der Waals surface area contributed by atoms with Crippen LogP contribution in [0.1, 0.15) is 37.0 Å². The lowest BCUT2D eigenvalue weighted by atomic mass is 9.97. The maximum Gasteiger partial charge on any atom is 0.350 e. The number of carbonyl (C=O) groups excluding carboxylic acids is 4. The lowest BCUT2D eigenvalue weighted by molar-refractivity contribution is -0.165. The molecular formula is C25H28N6O8S2. The van der Waals surface area contributed by atoms with Gasteiger partial charge in [0, 0.05) is 16.2 Å². The summed E-state index contributed by atoms with van der Waals surface area (Å²) in [6.45, 7) is 6.20. The highest BCUT2D eigenvalue weighted by Crippen LogP contribution is 2.41. The van der Waals surface area contributed by atoms with Crippen LogP contribution >= 0.6 is 23.1 Å². The first-order valence-electron chi connectivity index (χ1n) is 12.2. The van der Waals surface area contributed by atoms with Gasteiger partial charge in [-0.3, -0.25) is 19.3 Å². The van der Waals surface area contributed by atoms with Crippen molar-refractivity contribution in [2.24, 2.45) is 10.6 Å². The standard InChI is InChI=1S/C25H28N6O8S2/c1-12-15(41-11-27-12)7-6-13-10-40-22-18(29-19(33)17(30-36-5)14-8-38-24(26)28-14)20(34)31(22)21(13)39-16(32)9-37-23(35)25(2,3)4/h6-8,11,18,22H,9-10H2,1-5H3,(H2,26,28)(H,29,33). The van der Waals surface area contributed by atoms with Crippen LogP contribution in [0.25, 0.3) is 6.08 Å². The average Bonchev–Trinajstić information content (AvgIpc) is 3.54. The van der Waals surface area contributed by atoms with Crippen LogP contribution in [-0.4, -0.2) is 75.2 Å². The van der Waals surface area contributed by atoms with Crippen molar-refractivity contribution in [2.75, 3.05) is 25.2 Å². The van der Waals surface area contributed by atoms with Gasteiger partial charge in [0.25, 0.3) is 17.8 Å². The molecule has 0 saturated carbocycles. The molecule has 16 heteroatoms. The topological polar surface area (TPSA) is 189 Å². The Bertz CT molecular complexity index is 1450. The summed E-state index contributed by atoms with van der Waals surface area (Å²) in [7, 11) is 1.25. The third kappa shape index (κ3) is 6.59. The van der Waals surface area contributed by atoms with Crippen LogP contribution < -0.4 is 11.1 Å². The van der Waals surface area contributed by atoms with Crippen LogP contribution in [0.3, 0.4) is 0 Å².